The minimum Gasteiger partial charge on any atom is -0.481 e. The zero-order chi connectivity index (χ0) is 14.0. The fourth-order valence-electron chi connectivity index (χ4n) is 1.97. The second-order valence-corrected chi connectivity index (χ2v) is 4.69. The first-order valence-electron chi connectivity index (χ1n) is 5.79. The van der Waals surface area contributed by atoms with E-state index < -0.39 is 17.8 Å². The molecule has 0 saturated heterocycles. The van der Waals surface area contributed by atoms with Crippen molar-refractivity contribution in [2.75, 3.05) is 0 Å². The lowest BCUT2D eigenvalue weighted by atomic mass is 9.85. The highest BCUT2D eigenvalue weighted by Crippen LogP contribution is 2.23. The lowest BCUT2D eigenvalue weighted by molar-refractivity contribution is -0.142. The van der Waals surface area contributed by atoms with Gasteiger partial charge in [-0.3, -0.25) is 9.59 Å². The Balaban J connectivity index is 3.16. The minimum absolute atomic E-state index is 0.250. The lowest BCUT2D eigenvalue weighted by Gasteiger charge is -2.17. The van der Waals surface area contributed by atoms with Crippen molar-refractivity contribution in [2.45, 2.75) is 27.7 Å². The third-order valence-electron chi connectivity index (χ3n) is 3.30. The van der Waals surface area contributed by atoms with E-state index in [1.807, 2.05) is 0 Å². The van der Waals surface area contributed by atoms with Crippen LogP contribution in [0.5, 0.6) is 0 Å². The number of aryl methyl sites for hydroxylation is 2. The third-order valence-corrected chi connectivity index (χ3v) is 3.30. The van der Waals surface area contributed by atoms with Gasteiger partial charge >= 0.3 is 5.97 Å². The summed E-state index contributed by atoms with van der Waals surface area (Å²) in [6.45, 7) is 6.39. The zero-order valence-electron chi connectivity index (χ0n) is 11.0. The molecule has 0 amide bonds. The Labute approximate surface area is 106 Å². The fraction of sp³-hybridized carbons (Fsp3) is 0.429. The van der Waals surface area contributed by atoms with E-state index in [4.69, 9.17) is 5.11 Å². The molecule has 0 fully saturated rings. The summed E-state index contributed by atoms with van der Waals surface area (Å²) in [5, 5.41) is 8.92. The van der Waals surface area contributed by atoms with Gasteiger partial charge in [-0.05, 0) is 37.1 Å². The van der Waals surface area contributed by atoms with E-state index in [0.29, 0.717) is 16.7 Å². The van der Waals surface area contributed by atoms with Gasteiger partial charge < -0.3 is 5.11 Å². The van der Waals surface area contributed by atoms with E-state index in [0.717, 1.165) is 0 Å². The first-order valence-corrected chi connectivity index (χ1v) is 5.79. The molecule has 0 bridgehead atoms. The van der Waals surface area contributed by atoms with Crippen LogP contribution in [0.2, 0.25) is 0 Å². The third kappa shape index (κ3) is 2.75. The molecule has 0 aliphatic rings. The molecule has 1 aromatic rings. The summed E-state index contributed by atoms with van der Waals surface area (Å²) in [5.41, 5.74) is 1.51. The lowest BCUT2D eigenvalue weighted by Crippen LogP contribution is -2.26. The van der Waals surface area contributed by atoms with Crippen molar-refractivity contribution >= 4 is 11.8 Å². The van der Waals surface area contributed by atoms with E-state index in [-0.39, 0.29) is 11.6 Å². The number of carboxylic acids is 1. The first-order chi connectivity index (χ1) is 8.25. The van der Waals surface area contributed by atoms with Crippen LogP contribution in [0.1, 0.15) is 35.3 Å². The molecule has 0 heterocycles. The van der Waals surface area contributed by atoms with Crippen LogP contribution in [0.15, 0.2) is 12.1 Å². The molecule has 0 aliphatic carbocycles. The van der Waals surface area contributed by atoms with E-state index >= 15 is 0 Å². The van der Waals surface area contributed by atoms with Gasteiger partial charge in [-0.25, -0.2) is 4.39 Å². The molecule has 1 rings (SSSR count). The summed E-state index contributed by atoms with van der Waals surface area (Å²) in [6.07, 6.45) is 0. The quantitative estimate of drug-likeness (QED) is 0.838. The number of ketones is 1. The van der Waals surface area contributed by atoms with Crippen LogP contribution in [0.4, 0.5) is 4.39 Å². The van der Waals surface area contributed by atoms with Crippen molar-refractivity contribution in [1.29, 1.82) is 0 Å². The molecule has 98 valence electrons. The van der Waals surface area contributed by atoms with E-state index in [9.17, 15) is 14.0 Å². The van der Waals surface area contributed by atoms with Crippen LogP contribution in [0.25, 0.3) is 0 Å². The second kappa shape index (κ2) is 5.29. The normalized spacial score (nSPS) is 14.1. The number of halogens is 1. The van der Waals surface area contributed by atoms with E-state index in [2.05, 4.69) is 0 Å². The van der Waals surface area contributed by atoms with Crippen molar-refractivity contribution in [3.05, 3.63) is 34.6 Å². The summed E-state index contributed by atoms with van der Waals surface area (Å²) in [5.74, 6) is -3.04. The van der Waals surface area contributed by atoms with Gasteiger partial charge in [-0.1, -0.05) is 13.8 Å². The number of carboxylic acid groups (broad SMARTS) is 1. The Hall–Kier alpha value is -1.71. The highest BCUT2D eigenvalue weighted by Gasteiger charge is 2.28. The van der Waals surface area contributed by atoms with E-state index in [1.165, 1.54) is 19.1 Å². The molecule has 3 nitrogen and oxygen atoms in total. The Bertz CT molecular complexity index is 471. The van der Waals surface area contributed by atoms with Gasteiger partial charge in [0.1, 0.15) is 5.82 Å². The standard InChI is InChI=1S/C14H17FO3/c1-7-5-11(15)6-8(2)12(7)13(16)9(3)10(4)14(17)18/h5-6,9-10H,1-4H3,(H,17,18). The number of benzene rings is 1. The molecular formula is C14H17FO3. The maximum absolute atomic E-state index is 13.2. The Morgan fingerprint density at radius 2 is 1.56 bits per heavy atom. The summed E-state index contributed by atoms with van der Waals surface area (Å²) in [7, 11) is 0. The average molecular weight is 252 g/mol. The van der Waals surface area contributed by atoms with Crippen molar-refractivity contribution in [2.24, 2.45) is 11.8 Å². The number of Topliss-reactive ketones (excluding diaryl/α,β-unsaturated/α-hetero) is 1. The van der Waals surface area contributed by atoms with Crippen LogP contribution in [-0.4, -0.2) is 16.9 Å². The molecule has 2 atom stereocenters. The molecule has 1 N–H and O–H groups in total. The first kappa shape index (κ1) is 14.4. The van der Waals surface area contributed by atoms with Crippen LogP contribution < -0.4 is 0 Å². The predicted octanol–water partition coefficient (Wildman–Crippen LogP) is 2.98. The Kier molecular flexibility index (Phi) is 4.22. The van der Waals surface area contributed by atoms with Crippen molar-refractivity contribution in [3.8, 4) is 0 Å². The molecule has 0 aliphatic heterocycles. The smallest absolute Gasteiger partial charge is 0.306 e. The van der Waals surface area contributed by atoms with Crippen LogP contribution >= 0.6 is 0 Å². The number of carbonyl (C=O) groups is 2. The summed E-state index contributed by atoms with van der Waals surface area (Å²) in [6, 6.07) is 2.58. The van der Waals surface area contributed by atoms with Gasteiger partial charge in [0.05, 0.1) is 5.92 Å². The monoisotopic (exact) mass is 252 g/mol. The number of aliphatic carboxylic acids is 1. The van der Waals surface area contributed by atoms with Gasteiger partial charge in [-0.2, -0.15) is 0 Å². The highest BCUT2D eigenvalue weighted by atomic mass is 19.1. The Morgan fingerprint density at radius 3 is 1.94 bits per heavy atom. The van der Waals surface area contributed by atoms with Gasteiger partial charge in [0.25, 0.3) is 0 Å². The SMILES string of the molecule is Cc1cc(F)cc(C)c1C(=O)C(C)C(C)C(=O)O. The molecule has 1 aromatic carbocycles. The van der Waals surface area contributed by atoms with Crippen LogP contribution in [-0.2, 0) is 4.79 Å². The van der Waals surface area contributed by atoms with Gasteiger partial charge in [0.15, 0.2) is 5.78 Å². The van der Waals surface area contributed by atoms with Crippen molar-refractivity contribution in [1.82, 2.24) is 0 Å². The zero-order valence-corrected chi connectivity index (χ0v) is 11.0. The number of carbonyl (C=O) groups excluding carboxylic acids is 1. The van der Waals surface area contributed by atoms with Crippen molar-refractivity contribution < 1.29 is 19.1 Å². The van der Waals surface area contributed by atoms with Crippen molar-refractivity contribution in [3.63, 3.8) is 0 Å². The summed E-state index contributed by atoms with van der Waals surface area (Å²) < 4.78 is 13.2. The molecular weight excluding hydrogens is 235 g/mol. The van der Waals surface area contributed by atoms with Gasteiger partial charge in [0.2, 0.25) is 0 Å². The van der Waals surface area contributed by atoms with E-state index in [1.54, 1.807) is 20.8 Å². The maximum atomic E-state index is 13.2. The average Bonchev–Trinajstić information content (AvgIpc) is 2.25. The number of rotatable bonds is 4. The Morgan fingerprint density at radius 1 is 1.11 bits per heavy atom. The topological polar surface area (TPSA) is 54.4 Å². The molecule has 4 heteroatoms. The molecule has 18 heavy (non-hydrogen) atoms. The largest absolute Gasteiger partial charge is 0.481 e. The van der Waals surface area contributed by atoms with Crippen LogP contribution in [0, 0.1) is 31.5 Å². The number of hydrogen-bond acceptors (Lipinski definition) is 2. The maximum Gasteiger partial charge on any atom is 0.306 e. The summed E-state index contributed by atoms with van der Waals surface area (Å²) in [4.78, 5) is 23.1. The fourth-order valence-corrected chi connectivity index (χ4v) is 1.97. The number of hydrogen-bond donors (Lipinski definition) is 1. The van der Waals surface area contributed by atoms with Crippen LogP contribution in [0.3, 0.4) is 0 Å². The summed E-state index contributed by atoms with van der Waals surface area (Å²) >= 11 is 0. The predicted molar refractivity (Wildman–Crippen MR) is 66.2 cm³/mol. The minimum atomic E-state index is -1.01. The van der Waals surface area contributed by atoms with Gasteiger partial charge in [0, 0.05) is 11.5 Å². The van der Waals surface area contributed by atoms with Gasteiger partial charge in [-0.15, -0.1) is 0 Å². The molecule has 0 radical (unpaired) electrons. The molecule has 0 spiro atoms. The second-order valence-electron chi connectivity index (χ2n) is 4.69. The molecule has 0 saturated carbocycles. The molecule has 0 aromatic heterocycles. The highest BCUT2D eigenvalue weighted by molar-refractivity contribution is 6.01. The molecule has 2 unspecified atom stereocenters.